The number of hydrogen-bond acceptors (Lipinski definition) is 4. The van der Waals surface area contributed by atoms with Crippen LogP contribution < -0.4 is 5.32 Å². The van der Waals surface area contributed by atoms with Crippen LogP contribution in [-0.2, 0) is 9.53 Å². The molecule has 0 aliphatic carbocycles. The van der Waals surface area contributed by atoms with Crippen molar-refractivity contribution < 1.29 is 9.53 Å². The lowest BCUT2D eigenvalue weighted by Gasteiger charge is -2.44. The minimum atomic E-state index is -0.0197. The molecule has 8 heteroatoms. The maximum Gasteiger partial charge on any atom is 0.219 e. The SMILES string of the molecule is CCNC(=NCC(C)(C)N1CC(C)OC(C)C1)N1CCN(C(C)=O)CC1.I. The van der Waals surface area contributed by atoms with E-state index in [1.807, 2.05) is 4.90 Å². The number of hydrogen-bond donors (Lipinski definition) is 1. The predicted molar refractivity (Wildman–Crippen MR) is 121 cm³/mol. The zero-order chi connectivity index (χ0) is 19.3. The van der Waals surface area contributed by atoms with Crippen LogP contribution in [0.4, 0.5) is 0 Å². The first-order valence-corrected chi connectivity index (χ1v) is 9.92. The molecule has 2 saturated heterocycles. The molecule has 7 nitrogen and oxygen atoms in total. The molecule has 2 rings (SSSR count). The molecule has 2 fully saturated rings. The molecule has 0 aromatic rings. The Bertz CT molecular complexity index is 496. The van der Waals surface area contributed by atoms with Gasteiger partial charge in [0.15, 0.2) is 5.96 Å². The van der Waals surface area contributed by atoms with Crippen molar-refractivity contribution in [3.8, 4) is 0 Å². The summed E-state index contributed by atoms with van der Waals surface area (Å²) in [6.07, 6.45) is 0.518. The van der Waals surface area contributed by atoms with Gasteiger partial charge in [0, 0.05) is 58.3 Å². The molecular weight excluding hydrogens is 457 g/mol. The Morgan fingerprint density at radius 1 is 1.11 bits per heavy atom. The van der Waals surface area contributed by atoms with Crippen LogP contribution in [0.2, 0.25) is 0 Å². The molecule has 2 aliphatic heterocycles. The number of rotatable bonds is 4. The highest BCUT2D eigenvalue weighted by atomic mass is 127. The lowest BCUT2D eigenvalue weighted by atomic mass is 10.0. The fourth-order valence-corrected chi connectivity index (χ4v) is 3.70. The third kappa shape index (κ3) is 7.05. The summed E-state index contributed by atoms with van der Waals surface area (Å²) in [5.41, 5.74) is -0.0197. The van der Waals surface area contributed by atoms with Crippen LogP contribution >= 0.6 is 24.0 Å². The van der Waals surface area contributed by atoms with E-state index < -0.39 is 0 Å². The zero-order valence-electron chi connectivity index (χ0n) is 17.8. The minimum Gasteiger partial charge on any atom is -0.373 e. The largest absolute Gasteiger partial charge is 0.373 e. The number of nitrogens with zero attached hydrogens (tertiary/aromatic N) is 4. The summed E-state index contributed by atoms with van der Waals surface area (Å²) in [5, 5.41) is 3.42. The number of piperazine rings is 1. The van der Waals surface area contributed by atoms with Gasteiger partial charge in [-0.15, -0.1) is 24.0 Å². The van der Waals surface area contributed by atoms with E-state index in [2.05, 4.69) is 49.7 Å². The van der Waals surface area contributed by atoms with Crippen molar-refractivity contribution in [1.82, 2.24) is 20.0 Å². The molecule has 2 atom stereocenters. The molecule has 27 heavy (non-hydrogen) atoms. The number of carbonyl (C=O) groups is 1. The maximum absolute atomic E-state index is 11.5. The van der Waals surface area contributed by atoms with E-state index in [9.17, 15) is 4.79 Å². The minimum absolute atomic E-state index is 0. The van der Waals surface area contributed by atoms with Crippen LogP contribution in [0.15, 0.2) is 4.99 Å². The second-order valence-electron chi connectivity index (χ2n) is 8.14. The van der Waals surface area contributed by atoms with Crippen molar-refractivity contribution in [2.45, 2.75) is 59.3 Å². The summed E-state index contributed by atoms with van der Waals surface area (Å²) < 4.78 is 5.87. The van der Waals surface area contributed by atoms with Crippen LogP contribution in [0.3, 0.4) is 0 Å². The van der Waals surface area contributed by atoms with Gasteiger partial charge in [-0.25, -0.2) is 0 Å². The molecular formula is C19H38IN5O2. The van der Waals surface area contributed by atoms with Crippen molar-refractivity contribution in [1.29, 1.82) is 0 Å². The van der Waals surface area contributed by atoms with Gasteiger partial charge in [0.2, 0.25) is 5.91 Å². The highest BCUT2D eigenvalue weighted by molar-refractivity contribution is 14.0. The zero-order valence-corrected chi connectivity index (χ0v) is 20.2. The van der Waals surface area contributed by atoms with Gasteiger partial charge in [-0.1, -0.05) is 0 Å². The van der Waals surface area contributed by atoms with E-state index >= 15 is 0 Å². The van der Waals surface area contributed by atoms with Gasteiger partial charge >= 0.3 is 0 Å². The summed E-state index contributed by atoms with van der Waals surface area (Å²) in [4.78, 5) is 23.1. The van der Waals surface area contributed by atoms with Crippen LogP contribution in [0.25, 0.3) is 0 Å². The van der Waals surface area contributed by atoms with Gasteiger partial charge in [-0.05, 0) is 34.6 Å². The maximum atomic E-state index is 11.5. The first kappa shape index (κ1) is 24.4. The van der Waals surface area contributed by atoms with E-state index in [4.69, 9.17) is 9.73 Å². The second kappa shape index (κ2) is 10.8. The number of guanidine groups is 1. The van der Waals surface area contributed by atoms with Crippen LogP contribution in [0.1, 0.15) is 41.5 Å². The lowest BCUT2D eigenvalue weighted by molar-refractivity contribution is -0.130. The van der Waals surface area contributed by atoms with Gasteiger partial charge in [0.25, 0.3) is 0 Å². The highest BCUT2D eigenvalue weighted by Gasteiger charge is 2.33. The summed E-state index contributed by atoms with van der Waals surface area (Å²) in [6, 6.07) is 0. The number of aliphatic imine (C=N–C) groups is 1. The molecule has 0 saturated carbocycles. The third-order valence-corrected chi connectivity index (χ3v) is 5.25. The smallest absolute Gasteiger partial charge is 0.219 e. The Morgan fingerprint density at radius 3 is 2.11 bits per heavy atom. The first-order chi connectivity index (χ1) is 12.2. The van der Waals surface area contributed by atoms with Crippen molar-refractivity contribution in [3.05, 3.63) is 0 Å². The Balaban J connectivity index is 0.00000364. The van der Waals surface area contributed by atoms with Crippen molar-refractivity contribution in [2.75, 3.05) is 52.4 Å². The molecule has 2 unspecified atom stereocenters. The molecule has 2 heterocycles. The molecule has 0 bridgehead atoms. The van der Waals surface area contributed by atoms with Crippen LogP contribution in [0, 0.1) is 0 Å². The summed E-state index contributed by atoms with van der Waals surface area (Å²) >= 11 is 0. The Labute approximate surface area is 181 Å². The molecule has 0 radical (unpaired) electrons. The summed E-state index contributed by atoms with van der Waals surface area (Å²) in [6.45, 7) is 19.2. The van der Waals surface area contributed by atoms with E-state index in [1.165, 1.54) is 0 Å². The number of ether oxygens (including phenoxy) is 1. The number of carbonyl (C=O) groups excluding carboxylic acids is 1. The van der Waals surface area contributed by atoms with Crippen LogP contribution in [-0.4, -0.2) is 96.7 Å². The fraction of sp³-hybridized carbons (Fsp3) is 0.895. The highest BCUT2D eigenvalue weighted by Crippen LogP contribution is 2.21. The molecule has 0 aromatic carbocycles. The molecule has 158 valence electrons. The van der Waals surface area contributed by atoms with Crippen LogP contribution in [0.5, 0.6) is 0 Å². The van der Waals surface area contributed by atoms with E-state index in [0.717, 1.165) is 58.3 Å². The third-order valence-electron chi connectivity index (χ3n) is 5.25. The summed E-state index contributed by atoms with van der Waals surface area (Å²) in [5.74, 6) is 1.11. The topological polar surface area (TPSA) is 60.4 Å². The van der Waals surface area contributed by atoms with Gasteiger partial charge in [-0.2, -0.15) is 0 Å². The van der Waals surface area contributed by atoms with Crippen molar-refractivity contribution in [2.24, 2.45) is 4.99 Å². The first-order valence-electron chi connectivity index (χ1n) is 9.92. The summed E-state index contributed by atoms with van der Waals surface area (Å²) in [7, 11) is 0. The predicted octanol–water partition coefficient (Wildman–Crippen LogP) is 1.62. The standard InChI is InChI=1S/C19H37N5O2.HI/c1-7-20-18(23-10-8-22(9-11-23)17(4)25)21-14-19(5,6)24-12-15(2)26-16(3)13-24;/h15-16H,7-14H2,1-6H3,(H,20,21);1H. The Morgan fingerprint density at radius 2 is 1.63 bits per heavy atom. The second-order valence-corrected chi connectivity index (χ2v) is 8.14. The van der Waals surface area contributed by atoms with Gasteiger partial charge in [0.05, 0.1) is 18.8 Å². The van der Waals surface area contributed by atoms with Crippen molar-refractivity contribution in [3.63, 3.8) is 0 Å². The number of amides is 1. The van der Waals surface area contributed by atoms with E-state index in [1.54, 1.807) is 6.92 Å². The fourth-order valence-electron chi connectivity index (χ4n) is 3.70. The Hall–Kier alpha value is -0.610. The average molecular weight is 495 g/mol. The van der Waals surface area contributed by atoms with E-state index in [0.29, 0.717) is 0 Å². The van der Waals surface area contributed by atoms with Crippen molar-refractivity contribution >= 4 is 35.8 Å². The Kier molecular flexibility index (Phi) is 9.77. The average Bonchev–Trinajstić information content (AvgIpc) is 2.58. The normalized spacial score (nSPS) is 25.2. The monoisotopic (exact) mass is 495 g/mol. The molecule has 0 spiro atoms. The lowest BCUT2D eigenvalue weighted by Crippen LogP contribution is -2.57. The molecule has 0 aromatic heterocycles. The quantitative estimate of drug-likeness (QED) is 0.365. The van der Waals surface area contributed by atoms with E-state index in [-0.39, 0.29) is 47.6 Å². The number of morpholine rings is 1. The van der Waals surface area contributed by atoms with Gasteiger partial charge < -0.3 is 19.9 Å². The van der Waals surface area contributed by atoms with Gasteiger partial charge in [0.1, 0.15) is 0 Å². The number of nitrogens with one attached hydrogen (secondary N) is 1. The molecule has 2 aliphatic rings. The number of halogens is 1. The van der Waals surface area contributed by atoms with Gasteiger partial charge in [-0.3, -0.25) is 14.7 Å². The molecule has 1 N–H and O–H groups in total. The molecule has 1 amide bonds.